The van der Waals surface area contributed by atoms with Gasteiger partial charge in [0.1, 0.15) is 6.07 Å². The maximum absolute atomic E-state index is 13.1. The minimum atomic E-state index is -0.872. The number of hydrogen-bond donors (Lipinski definition) is 0. The lowest BCUT2D eigenvalue weighted by atomic mass is 10.1. The lowest BCUT2D eigenvalue weighted by Gasteiger charge is -2.04. The van der Waals surface area contributed by atoms with Crippen molar-refractivity contribution in [3.63, 3.8) is 0 Å². The van der Waals surface area contributed by atoms with Crippen LogP contribution < -0.4 is 4.74 Å². The van der Waals surface area contributed by atoms with E-state index in [-0.39, 0.29) is 16.9 Å². The second kappa shape index (κ2) is 4.07. The van der Waals surface area contributed by atoms with Crippen molar-refractivity contribution >= 4 is 16.8 Å². The fourth-order valence-corrected chi connectivity index (χ4v) is 1.12. The van der Waals surface area contributed by atoms with Crippen LogP contribution in [0.4, 0.5) is 4.39 Å². The van der Waals surface area contributed by atoms with Crippen LogP contribution in [0.3, 0.4) is 0 Å². The Morgan fingerprint density at radius 3 is 2.71 bits per heavy atom. The van der Waals surface area contributed by atoms with E-state index in [9.17, 15) is 9.18 Å². The molecule has 72 valence electrons. The van der Waals surface area contributed by atoms with Crippen molar-refractivity contribution in [3.8, 4) is 11.8 Å². The van der Waals surface area contributed by atoms with Crippen LogP contribution in [0.2, 0.25) is 0 Å². The highest BCUT2D eigenvalue weighted by Crippen LogP contribution is 2.22. The summed E-state index contributed by atoms with van der Waals surface area (Å²) in [4.78, 5) is 10.8. The molecular weight excluding hydrogens is 209 g/mol. The quantitative estimate of drug-likeness (QED) is 0.707. The SMILES string of the molecule is COc1cc(C#N)c(C(=O)Cl)cc1F. The fraction of sp³-hybridized carbons (Fsp3) is 0.111. The number of hydrogen-bond acceptors (Lipinski definition) is 3. The lowest BCUT2D eigenvalue weighted by Crippen LogP contribution is -1.98. The largest absolute Gasteiger partial charge is 0.494 e. The molecule has 0 atom stereocenters. The summed E-state index contributed by atoms with van der Waals surface area (Å²) in [6.07, 6.45) is 0. The Morgan fingerprint density at radius 2 is 2.29 bits per heavy atom. The minimum absolute atomic E-state index is 0.0109. The lowest BCUT2D eigenvalue weighted by molar-refractivity contribution is 0.108. The van der Waals surface area contributed by atoms with Crippen LogP contribution in [0.5, 0.6) is 5.75 Å². The summed E-state index contributed by atoms with van der Waals surface area (Å²) in [6.45, 7) is 0. The van der Waals surface area contributed by atoms with Crippen LogP contribution in [0.15, 0.2) is 12.1 Å². The topological polar surface area (TPSA) is 50.1 Å². The van der Waals surface area contributed by atoms with E-state index >= 15 is 0 Å². The molecule has 0 aliphatic heterocycles. The molecule has 1 aromatic rings. The van der Waals surface area contributed by atoms with Crippen LogP contribution in [0.1, 0.15) is 15.9 Å². The van der Waals surface area contributed by atoms with Crippen LogP contribution in [0, 0.1) is 17.1 Å². The number of nitriles is 1. The summed E-state index contributed by atoms with van der Waals surface area (Å²) >= 11 is 5.16. The van der Waals surface area contributed by atoms with Gasteiger partial charge in [0, 0.05) is 6.07 Å². The van der Waals surface area contributed by atoms with Gasteiger partial charge in [-0.05, 0) is 17.7 Å². The highest BCUT2D eigenvalue weighted by molar-refractivity contribution is 6.68. The first-order chi connectivity index (χ1) is 6.60. The molecule has 0 saturated carbocycles. The third-order valence-electron chi connectivity index (χ3n) is 1.62. The summed E-state index contributed by atoms with van der Waals surface area (Å²) in [7, 11) is 1.27. The Labute approximate surface area is 84.7 Å². The van der Waals surface area contributed by atoms with Crippen molar-refractivity contribution in [3.05, 3.63) is 29.1 Å². The molecule has 0 unspecified atom stereocenters. The molecule has 0 radical (unpaired) electrons. The van der Waals surface area contributed by atoms with E-state index in [2.05, 4.69) is 4.74 Å². The molecule has 0 aliphatic carbocycles. The first kappa shape index (κ1) is 10.5. The standard InChI is InChI=1S/C9H5ClFNO2/c1-14-8-2-5(4-12)6(9(10)13)3-7(8)11/h2-3H,1H3. The second-order valence-electron chi connectivity index (χ2n) is 2.42. The molecule has 14 heavy (non-hydrogen) atoms. The molecule has 0 fully saturated rings. The maximum Gasteiger partial charge on any atom is 0.253 e. The van der Waals surface area contributed by atoms with E-state index in [1.54, 1.807) is 6.07 Å². The number of nitrogens with zero attached hydrogens (tertiary/aromatic N) is 1. The van der Waals surface area contributed by atoms with E-state index in [1.807, 2.05) is 0 Å². The molecule has 0 bridgehead atoms. The Morgan fingerprint density at radius 1 is 1.64 bits per heavy atom. The van der Waals surface area contributed by atoms with Crippen LogP contribution in [0.25, 0.3) is 0 Å². The van der Waals surface area contributed by atoms with Gasteiger partial charge in [0.2, 0.25) is 0 Å². The van der Waals surface area contributed by atoms with Crippen molar-refractivity contribution < 1.29 is 13.9 Å². The van der Waals surface area contributed by atoms with E-state index in [4.69, 9.17) is 16.9 Å². The maximum atomic E-state index is 13.1. The van der Waals surface area contributed by atoms with Crippen molar-refractivity contribution in [1.29, 1.82) is 5.26 Å². The molecule has 0 aliphatic rings. The highest BCUT2D eigenvalue weighted by atomic mass is 35.5. The molecule has 0 N–H and O–H groups in total. The zero-order chi connectivity index (χ0) is 10.7. The third kappa shape index (κ3) is 1.83. The van der Waals surface area contributed by atoms with Crippen molar-refractivity contribution in [1.82, 2.24) is 0 Å². The van der Waals surface area contributed by atoms with Gasteiger partial charge in [0.25, 0.3) is 5.24 Å². The molecule has 3 nitrogen and oxygen atoms in total. The molecule has 0 spiro atoms. The summed E-state index contributed by atoms with van der Waals surface area (Å²) in [5.74, 6) is -0.821. The molecule has 1 rings (SSSR count). The number of ether oxygens (including phenoxy) is 1. The fourth-order valence-electron chi connectivity index (χ4n) is 0.965. The van der Waals surface area contributed by atoms with E-state index in [0.29, 0.717) is 0 Å². The minimum Gasteiger partial charge on any atom is -0.494 e. The van der Waals surface area contributed by atoms with Crippen LogP contribution >= 0.6 is 11.6 Å². The molecule has 5 heteroatoms. The van der Waals surface area contributed by atoms with E-state index in [0.717, 1.165) is 12.1 Å². The van der Waals surface area contributed by atoms with E-state index < -0.39 is 11.1 Å². The Balaban J connectivity index is 3.41. The molecule has 0 amide bonds. The van der Waals surface area contributed by atoms with Crippen molar-refractivity contribution in [2.45, 2.75) is 0 Å². The summed E-state index contributed by atoms with van der Waals surface area (Å²) < 4.78 is 17.7. The third-order valence-corrected chi connectivity index (χ3v) is 1.83. The first-order valence-electron chi connectivity index (χ1n) is 3.57. The molecule has 0 aromatic heterocycles. The van der Waals surface area contributed by atoms with Gasteiger partial charge in [-0.1, -0.05) is 0 Å². The van der Waals surface area contributed by atoms with Crippen molar-refractivity contribution in [2.75, 3.05) is 7.11 Å². The predicted octanol–water partition coefficient (Wildman–Crippen LogP) is 2.08. The molecule has 1 aromatic carbocycles. The summed E-state index contributed by atoms with van der Waals surface area (Å²) in [5, 5.41) is 7.77. The number of benzene rings is 1. The Hall–Kier alpha value is -1.60. The van der Waals surface area contributed by atoms with Gasteiger partial charge in [0.15, 0.2) is 11.6 Å². The van der Waals surface area contributed by atoms with E-state index in [1.165, 1.54) is 7.11 Å². The number of carbonyl (C=O) groups is 1. The first-order valence-corrected chi connectivity index (χ1v) is 3.95. The highest BCUT2D eigenvalue weighted by Gasteiger charge is 2.14. The van der Waals surface area contributed by atoms with Gasteiger partial charge in [-0.3, -0.25) is 4.79 Å². The second-order valence-corrected chi connectivity index (χ2v) is 2.76. The van der Waals surface area contributed by atoms with Crippen molar-refractivity contribution in [2.24, 2.45) is 0 Å². The number of carbonyl (C=O) groups excluding carboxylic acids is 1. The predicted molar refractivity (Wildman–Crippen MR) is 47.9 cm³/mol. The summed E-state index contributed by atoms with van der Waals surface area (Å²) in [5.41, 5.74) is -0.171. The number of methoxy groups -OCH3 is 1. The number of rotatable bonds is 2. The van der Waals surface area contributed by atoms with Gasteiger partial charge in [-0.2, -0.15) is 5.26 Å². The zero-order valence-corrected chi connectivity index (χ0v) is 7.93. The number of halogens is 2. The molecule has 0 saturated heterocycles. The van der Waals surface area contributed by atoms with Crippen LogP contribution in [-0.4, -0.2) is 12.4 Å². The monoisotopic (exact) mass is 213 g/mol. The Kier molecular flexibility index (Phi) is 3.05. The zero-order valence-electron chi connectivity index (χ0n) is 7.17. The Bertz CT molecular complexity index is 426. The smallest absolute Gasteiger partial charge is 0.253 e. The average Bonchev–Trinajstić information content (AvgIpc) is 2.17. The average molecular weight is 214 g/mol. The molecular formula is C9H5ClFNO2. The van der Waals surface area contributed by atoms with Gasteiger partial charge in [-0.15, -0.1) is 0 Å². The van der Waals surface area contributed by atoms with Crippen LogP contribution in [-0.2, 0) is 0 Å². The van der Waals surface area contributed by atoms with Gasteiger partial charge in [0.05, 0.1) is 18.2 Å². The van der Waals surface area contributed by atoms with Gasteiger partial charge >= 0.3 is 0 Å². The summed E-state index contributed by atoms with van der Waals surface area (Å²) in [6, 6.07) is 3.74. The van der Waals surface area contributed by atoms with Gasteiger partial charge in [-0.25, -0.2) is 4.39 Å². The van der Waals surface area contributed by atoms with Gasteiger partial charge < -0.3 is 4.74 Å². The molecule has 0 heterocycles. The normalized spacial score (nSPS) is 9.29.